The number of rotatable bonds is 6. The van der Waals surface area contributed by atoms with Crippen molar-refractivity contribution < 1.29 is 31.6 Å². The maximum Gasteiger partial charge on any atom is 0.404 e. The topological polar surface area (TPSA) is 109 Å². The van der Waals surface area contributed by atoms with Gasteiger partial charge in [0, 0.05) is 17.6 Å². The molecule has 0 aliphatic heterocycles. The first kappa shape index (κ1) is 24.7. The van der Waals surface area contributed by atoms with Crippen molar-refractivity contribution in [3.05, 3.63) is 72.2 Å². The van der Waals surface area contributed by atoms with Crippen LogP contribution in [0.1, 0.15) is 36.1 Å². The van der Waals surface area contributed by atoms with Gasteiger partial charge in [-0.2, -0.15) is 13.2 Å². The summed E-state index contributed by atoms with van der Waals surface area (Å²) in [6.45, 7) is 0. The van der Waals surface area contributed by atoms with Crippen LogP contribution in [0.4, 0.5) is 33.2 Å². The SMILES string of the molecule is O=C(Nc1ccc(F)cc1)Nc1nc2ccc(C(C(=O)NC3CC(c4ncco4)C3)C(F)(F)F)cc2s1. The second kappa shape index (κ2) is 9.81. The molecule has 0 radical (unpaired) electrons. The zero-order valence-electron chi connectivity index (χ0n) is 18.9. The number of hydrogen-bond acceptors (Lipinski definition) is 6. The first-order chi connectivity index (χ1) is 17.7. The standard InChI is InChI=1S/C24H19F4N5O3S/c25-14-2-4-15(5-3-14)31-22(35)33-23-32-17-6-1-12(11-18(17)37-23)19(24(26,27)28)20(34)30-16-9-13(10-16)21-29-7-8-36-21/h1-8,11,13,16,19H,9-10H2,(H,30,34)(H2,31,32,33,35). The fourth-order valence-corrected chi connectivity index (χ4v) is 5.02. The van der Waals surface area contributed by atoms with Gasteiger partial charge in [0.25, 0.3) is 0 Å². The van der Waals surface area contributed by atoms with Crippen LogP contribution in [0, 0.1) is 5.82 Å². The number of halogens is 4. The minimum atomic E-state index is -4.82. The fourth-order valence-electron chi connectivity index (χ4n) is 4.11. The zero-order chi connectivity index (χ0) is 26.2. The average Bonchev–Trinajstić information content (AvgIpc) is 3.46. The molecule has 1 unspecified atom stereocenters. The summed E-state index contributed by atoms with van der Waals surface area (Å²) < 4.78 is 60.4. The van der Waals surface area contributed by atoms with E-state index in [-0.39, 0.29) is 16.6 Å². The van der Waals surface area contributed by atoms with Crippen molar-refractivity contribution in [2.75, 3.05) is 10.6 Å². The Morgan fingerprint density at radius 1 is 1.08 bits per heavy atom. The van der Waals surface area contributed by atoms with Gasteiger partial charge in [-0.05, 0) is 54.8 Å². The van der Waals surface area contributed by atoms with Crippen molar-refractivity contribution in [1.29, 1.82) is 0 Å². The van der Waals surface area contributed by atoms with Crippen LogP contribution in [-0.2, 0) is 4.79 Å². The Hall–Kier alpha value is -4.00. The number of thiazole rings is 1. The highest BCUT2D eigenvalue weighted by molar-refractivity contribution is 7.22. The Labute approximate surface area is 211 Å². The molecule has 1 aliphatic carbocycles. The van der Waals surface area contributed by atoms with Crippen LogP contribution in [0.2, 0.25) is 0 Å². The second-order valence-corrected chi connectivity index (χ2v) is 9.58. The number of alkyl halides is 3. The lowest BCUT2D eigenvalue weighted by Gasteiger charge is -2.35. The molecule has 0 spiro atoms. The predicted octanol–water partition coefficient (Wildman–Crippen LogP) is 5.78. The Bertz CT molecular complexity index is 1420. The number of benzene rings is 2. The minimum Gasteiger partial charge on any atom is -0.449 e. The number of amides is 3. The monoisotopic (exact) mass is 533 g/mol. The van der Waals surface area contributed by atoms with Gasteiger partial charge >= 0.3 is 12.2 Å². The van der Waals surface area contributed by atoms with Gasteiger partial charge < -0.3 is 15.1 Å². The normalized spacial score (nSPS) is 18.2. The number of nitrogens with one attached hydrogen (secondary N) is 3. The van der Waals surface area contributed by atoms with E-state index in [0.717, 1.165) is 11.3 Å². The molecular weight excluding hydrogens is 514 g/mol. The molecule has 1 saturated carbocycles. The molecule has 1 fully saturated rings. The lowest BCUT2D eigenvalue weighted by Crippen LogP contribution is -2.47. The van der Waals surface area contributed by atoms with E-state index in [1.807, 2.05) is 0 Å². The smallest absolute Gasteiger partial charge is 0.404 e. The number of anilines is 2. The molecule has 3 amide bonds. The number of fused-ring (bicyclic) bond motifs is 1. The number of carbonyl (C=O) groups is 2. The van der Waals surface area contributed by atoms with Crippen LogP contribution in [0.3, 0.4) is 0 Å². The third-order valence-corrected chi connectivity index (χ3v) is 6.88. The molecule has 4 aromatic rings. The minimum absolute atomic E-state index is 0.0376. The summed E-state index contributed by atoms with van der Waals surface area (Å²) in [6, 6.07) is 7.89. The number of aromatic nitrogens is 2. The van der Waals surface area contributed by atoms with Crippen LogP contribution in [0.15, 0.2) is 59.3 Å². The van der Waals surface area contributed by atoms with Crippen LogP contribution >= 0.6 is 11.3 Å². The van der Waals surface area contributed by atoms with E-state index in [1.165, 1.54) is 54.9 Å². The highest BCUT2D eigenvalue weighted by Crippen LogP contribution is 2.40. The summed E-state index contributed by atoms with van der Waals surface area (Å²) in [4.78, 5) is 33.2. The predicted molar refractivity (Wildman–Crippen MR) is 128 cm³/mol. The lowest BCUT2D eigenvalue weighted by molar-refractivity contribution is -0.165. The Morgan fingerprint density at radius 3 is 2.51 bits per heavy atom. The lowest BCUT2D eigenvalue weighted by atomic mass is 9.79. The number of nitrogens with zero attached hydrogens (tertiary/aromatic N) is 2. The van der Waals surface area contributed by atoms with E-state index >= 15 is 0 Å². The fraction of sp³-hybridized carbons (Fsp3) is 0.250. The van der Waals surface area contributed by atoms with E-state index in [9.17, 15) is 27.2 Å². The third kappa shape index (κ3) is 5.56. The van der Waals surface area contributed by atoms with Crippen molar-refractivity contribution >= 4 is 44.3 Å². The number of oxazole rings is 1. The van der Waals surface area contributed by atoms with Gasteiger partial charge in [0.05, 0.1) is 16.4 Å². The van der Waals surface area contributed by atoms with Crippen LogP contribution in [0.25, 0.3) is 10.2 Å². The van der Waals surface area contributed by atoms with Crippen molar-refractivity contribution in [3.63, 3.8) is 0 Å². The molecule has 2 heterocycles. The molecule has 3 N–H and O–H groups in total. The number of hydrogen-bond donors (Lipinski definition) is 3. The third-order valence-electron chi connectivity index (χ3n) is 5.94. The zero-order valence-corrected chi connectivity index (χ0v) is 19.7. The van der Waals surface area contributed by atoms with Crippen molar-refractivity contribution in [2.24, 2.45) is 0 Å². The summed E-state index contributed by atoms with van der Waals surface area (Å²) in [7, 11) is 0. The largest absolute Gasteiger partial charge is 0.449 e. The van der Waals surface area contributed by atoms with Crippen molar-refractivity contribution in [2.45, 2.75) is 36.9 Å². The van der Waals surface area contributed by atoms with E-state index in [0.29, 0.717) is 34.6 Å². The number of urea groups is 1. The summed E-state index contributed by atoms with van der Waals surface area (Å²) in [5, 5.41) is 7.64. The highest BCUT2D eigenvalue weighted by Gasteiger charge is 2.47. The molecule has 8 nitrogen and oxygen atoms in total. The molecule has 1 atom stereocenters. The quantitative estimate of drug-likeness (QED) is 0.273. The molecule has 2 aromatic carbocycles. The molecule has 37 heavy (non-hydrogen) atoms. The maximum absolute atomic E-state index is 14.0. The van der Waals surface area contributed by atoms with Gasteiger partial charge in [0.2, 0.25) is 5.91 Å². The van der Waals surface area contributed by atoms with E-state index < -0.39 is 35.9 Å². The van der Waals surface area contributed by atoms with Crippen LogP contribution in [0.5, 0.6) is 0 Å². The summed E-state index contributed by atoms with van der Waals surface area (Å²) in [5.74, 6) is -3.49. The molecule has 0 bridgehead atoms. The van der Waals surface area contributed by atoms with E-state index in [2.05, 4.69) is 25.9 Å². The Kier molecular flexibility index (Phi) is 6.54. The average molecular weight is 534 g/mol. The van der Waals surface area contributed by atoms with E-state index in [4.69, 9.17) is 4.42 Å². The molecule has 1 aliphatic rings. The van der Waals surface area contributed by atoms with Gasteiger partial charge in [-0.3, -0.25) is 10.1 Å². The molecular formula is C24H19F4N5O3S. The molecule has 192 valence electrons. The van der Waals surface area contributed by atoms with Gasteiger partial charge in [-0.1, -0.05) is 17.4 Å². The van der Waals surface area contributed by atoms with E-state index in [1.54, 1.807) is 0 Å². The van der Waals surface area contributed by atoms with Crippen molar-refractivity contribution in [3.8, 4) is 0 Å². The van der Waals surface area contributed by atoms with Gasteiger partial charge in [0.15, 0.2) is 16.9 Å². The maximum atomic E-state index is 14.0. The van der Waals surface area contributed by atoms with Gasteiger partial charge in [-0.25, -0.2) is 19.2 Å². The van der Waals surface area contributed by atoms with Crippen LogP contribution < -0.4 is 16.0 Å². The second-order valence-electron chi connectivity index (χ2n) is 8.55. The Morgan fingerprint density at radius 2 is 1.84 bits per heavy atom. The first-order valence-electron chi connectivity index (χ1n) is 11.2. The Balaban J connectivity index is 1.27. The molecule has 5 rings (SSSR count). The van der Waals surface area contributed by atoms with Crippen molar-refractivity contribution in [1.82, 2.24) is 15.3 Å². The molecule has 2 aromatic heterocycles. The summed E-state index contributed by atoms with van der Waals surface area (Å²) in [6.07, 6.45) is -1.01. The summed E-state index contributed by atoms with van der Waals surface area (Å²) in [5.41, 5.74) is 0.478. The number of carbonyl (C=O) groups excluding carboxylic acids is 2. The van der Waals surface area contributed by atoms with Crippen LogP contribution in [-0.4, -0.2) is 34.1 Å². The first-order valence-corrected chi connectivity index (χ1v) is 12.0. The molecule has 13 heteroatoms. The molecule has 0 saturated heterocycles. The van der Waals surface area contributed by atoms with Gasteiger partial charge in [-0.15, -0.1) is 0 Å². The summed E-state index contributed by atoms with van der Waals surface area (Å²) >= 11 is 0.961. The van der Waals surface area contributed by atoms with Gasteiger partial charge in [0.1, 0.15) is 12.1 Å². The highest BCUT2D eigenvalue weighted by atomic mass is 32.1.